The van der Waals surface area contributed by atoms with Gasteiger partial charge in [0.15, 0.2) is 0 Å². The molecule has 3 aliphatic rings. The van der Waals surface area contributed by atoms with Crippen LogP contribution in [0.4, 0.5) is 24.9 Å². The molecule has 0 amide bonds. The topological polar surface area (TPSA) is 255 Å². The van der Waals surface area contributed by atoms with Crippen LogP contribution in [-0.2, 0) is 27.6 Å². The Labute approximate surface area is 265 Å². The van der Waals surface area contributed by atoms with Crippen LogP contribution in [0.1, 0.15) is 12.5 Å². The van der Waals surface area contributed by atoms with Crippen LogP contribution in [0.5, 0.6) is 0 Å². The third kappa shape index (κ3) is 5.48. The van der Waals surface area contributed by atoms with Gasteiger partial charge in [0.1, 0.15) is 0 Å². The Bertz CT molecular complexity index is 1870. The first-order chi connectivity index (χ1) is 21.6. The van der Waals surface area contributed by atoms with Crippen LogP contribution in [0.2, 0.25) is 0 Å². The van der Waals surface area contributed by atoms with E-state index >= 15 is 13.2 Å². The molecule has 3 aliphatic heterocycles. The van der Waals surface area contributed by atoms with Crippen LogP contribution in [0.25, 0.3) is 22.2 Å². The number of halogens is 3. The molecule has 0 spiro atoms. The number of H-pyrrole nitrogens is 1. The predicted octanol–water partition coefficient (Wildman–Crippen LogP) is 0.373. The Balaban J connectivity index is 1.22. The van der Waals surface area contributed by atoms with Gasteiger partial charge in [-0.25, -0.2) is 0 Å². The second kappa shape index (κ2) is 11.3. The molecule has 4 aromatic rings. The fraction of sp³-hybridized carbons (Fsp3) is 0.500. The van der Waals surface area contributed by atoms with E-state index in [0.717, 1.165) is 15.6 Å². The van der Waals surface area contributed by atoms with Crippen molar-refractivity contribution in [1.82, 2.24) is 39.5 Å². The molecule has 7 rings (SSSR count). The van der Waals surface area contributed by atoms with E-state index in [1.165, 1.54) is 12.3 Å². The number of rotatable bonds is 2. The molecule has 0 saturated carbocycles. The van der Waals surface area contributed by atoms with Gasteiger partial charge in [-0.05, 0) is 0 Å². The summed E-state index contributed by atoms with van der Waals surface area (Å²) in [6, 6.07) is 1.41. The van der Waals surface area contributed by atoms with Crippen LogP contribution in [0.15, 0.2) is 23.4 Å². The van der Waals surface area contributed by atoms with Gasteiger partial charge in [-0.15, -0.1) is 0 Å². The molecule has 7 heterocycles. The summed E-state index contributed by atoms with van der Waals surface area (Å²) in [5.74, 6) is -4.19. The molecular formula is C20H25F3N10O9P2S2. The minimum atomic E-state index is -4.83. The van der Waals surface area contributed by atoms with Gasteiger partial charge >= 0.3 is 265 Å². The molecule has 19 nitrogen and oxygen atoms in total. The minimum absolute atomic E-state index is 0.0116. The number of ether oxygens (including phenoxy) is 2. The summed E-state index contributed by atoms with van der Waals surface area (Å²) in [5.41, 5.74) is 10.3. The summed E-state index contributed by atoms with van der Waals surface area (Å²) >= 11 is 8.03. The molecule has 252 valence electrons. The average Bonchev–Trinajstić information content (AvgIpc) is 3.71. The van der Waals surface area contributed by atoms with Gasteiger partial charge in [-0.2, -0.15) is 0 Å². The molecule has 0 aromatic carbocycles. The molecule has 7 N–H and O–H groups in total. The Morgan fingerprint density at radius 1 is 1.07 bits per heavy atom. The number of hydrogen-bond donors (Lipinski definition) is 7. The van der Waals surface area contributed by atoms with Crippen LogP contribution in [0.3, 0.4) is 0 Å². The van der Waals surface area contributed by atoms with Gasteiger partial charge in [0.05, 0.1) is 0 Å². The maximum atomic E-state index is 16.1. The molecule has 0 radical (unpaired) electrons. The third-order valence-corrected chi connectivity index (χ3v) is 11.1. The summed E-state index contributed by atoms with van der Waals surface area (Å²) in [5, 5.41) is 7.80. The molecule has 3 fully saturated rings. The molecular weight excluding hydrogens is 707 g/mol. The molecule has 0 unspecified atom stereocenters. The molecule has 4 aromatic heterocycles. The van der Waals surface area contributed by atoms with Crippen LogP contribution in [0, 0.1) is 0 Å². The van der Waals surface area contributed by atoms with E-state index in [1.807, 2.05) is 0 Å². The normalized spacial score (nSPS) is 33.9. The first kappa shape index (κ1) is 32.1. The van der Waals surface area contributed by atoms with Gasteiger partial charge in [0.25, 0.3) is 0 Å². The number of hydrogen-bond acceptors (Lipinski definition) is 18. The number of aromatic nitrogens is 8. The van der Waals surface area contributed by atoms with E-state index < -0.39 is 82.0 Å². The van der Waals surface area contributed by atoms with Crippen molar-refractivity contribution in [3.63, 3.8) is 0 Å². The van der Waals surface area contributed by atoms with Gasteiger partial charge in [-0.3, -0.25) is 0 Å². The number of alkyl halides is 3. The summed E-state index contributed by atoms with van der Waals surface area (Å²) in [6.07, 6.45) is -10.8. The van der Waals surface area contributed by atoms with E-state index in [4.69, 9.17) is 39.0 Å². The summed E-state index contributed by atoms with van der Waals surface area (Å²) in [7, 11) is -9.57. The van der Waals surface area contributed by atoms with Crippen LogP contribution in [-0.4, -0.2) is 99.0 Å². The van der Waals surface area contributed by atoms with E-state index in [2.05, 4.69) is 54.7 Å². The number of anilines is 2. The first-order valence-electron chi connectivity index (χ1n) is 13.2. The number of nitrogens with two attached hydrogens (primary N) is 2. The number of aromatic amines is 1. The van der Waals surface area contributed by atoms with Crippen molar-refractivity contribution in [2.24, 2.45) is 0 Å². The second-order valence-electron chi connectivity index (χ2n) is 10.4. The van der Waals surface area contributed by atoms with Gasteiger partial charge in [0, 0.05) is 0 Å². The van der Waals surface area contributed by atoms with Crippen molar-refractivity contribution >= 4 is 72.8 Å². The molecule has 2 bridgehead atoms. The standard InChI is InChI=1S/C20H25F3N10O9P2S2/c21-9-7-3-37-44(36,46)42-12-8(40-18(20(12,22)23)32-2-1-6-13(24)26-5-27-14(6)32)4-38-43(35,45)41-11(9)17(39-7)33-15-10(30-31-33)16(34)29-19(25)28-15/h1-2,5,7-9,11-12,17-18,35-36,43-46H,3-4H2,(H2,24,26,27)(H3,25,28,29,34)/t7-,8-,9+,11-,12-,17-,18-/m1/s1. The Morgan fingerprint density at radius 2 is 1.78 bits per heavy atom. The molecule has 26 heteroatoms. The molecule has 3 saturated heterocycles. The van der Waals surface area contributed by atoms with Crippen molar-refractivity contribution in [3.8, 4) is 0 Å². The van der Waals surface area contributed by atoms with Gasteiger partial charge in [-0.1, -0.05) is 0 Å². The fourth-order valence-electron chi connectivity index (χ4n) is 5.40. The van der Waals surface area contributed by atoms with E-state index in [-0.39, 0.29) is 34.0 Å². The third-order valence-electron chi connectivity index (χ3n) is 7.44. The SMILES string of the molecule is Nc1nc2c(nnn2[C@@H]2O[C@@H]3CO[PH](O)(S)O[C@@H]4[C@@H](CO[PH](O)(S)O[C@@H]2[C@H]3F)O[C@@H](n2ccc3c(N)ncnc32)C4(F)F)c(=O)[nH]1. The summed E-state index contributed by atoms with van der Waals surface area (Å²) in [6.45, 7) is -1.65. The van der Waals surface area contributed by atoms with Crippen LogP contribution >= 0.6 is 38.8 Å². The van der Waals surface area contributed by atoms with E-state index in [1.54, 1.807) is 0 Å². The monoisotopic (exact) mass is 732 g/mol. The summed E-state index contributed by atoms with van der Waals surface area (Å²) in [4.78, 5) is 48.3. The molecule has 46 heavy (non-hydrogen) atoms. The van der Waals surface area contributed by atoms with E-state index in [0.29, 0.717) is 0 Å². The second-order valence-corrected chi connectivity index (χ2v) is 17.1. The van der Waals surface area contributed by atoms with Crippen LogP contribution < -0.4 is 17.0 Å². The van der Waals surface area contributed by atoms with Crippen molar-refractivity contribution in [2.75, 3.05) is 24.7 Å². The zero-order valence-corrected chi connectivity index (χ0v) is 26.5. The Kier molecular flexibility index (Phi) is 7.89. The summed E-state index contributed by atoms with van der Waals surface area (Å²) < 4.78 is 83.0. The fourth-order valence-corrected chi connectivity index (χ4v) is 8.69. The molecule has 7 atom stereocenters. The number of thiol groups is 2. The van der Waals surface area contributed by atoms with Crippen molar-refractivity contribution in [2.45, 2.75) is 49.0 Å². The van der Waals surface area contributed by atoms with Crippen molar-refractivity contribution in [1.29, 1.82) is 0 Å². The Hall–Kier alpha value is -2.47. The van der Waals surface area contributed by atoms with Crippen molar-refractivity contribution < 1.29 is 50.5 Å². The number of nitrogen functional groups attached to an aromatic ring is 2. The van der Waals surface area contributed by atoms with E-state index in [9.17, 15) is 14.6 Å². The zero-order chi connectivity index (χ0) is 32.8. The quantitative estimate of drug-likeness (QED) is 0.109. The number of nitrogens with one attached hydrogen (secondary N) is 1. The maximum absolute atomic E-state index is 16.1. The average molecular weight is 733 g/mol. The van der Waals surface area contributed by atoms with Gasteiger partial charge in [0.2, 0.25) is 0 Å². The Morgan fingerprint density at radius 3 is 2.54 bits per heavy atom. The molecule has 0 aliphatic carbocycles. The zero-order valence-electron chi connectivity index (χ0n) is 22.8. The number of nitrogens with zero attached hydrogens (tertiary/aromatic N) is 7. The van der Waals surface area contributed by atoms with Gasteiger partial charge < -0.3 is 0 Å². The number of fused-ring (bicyclic) bond motifs is 5. The van der Waals surface area contributed by atoms with Crippen molar-refractivity contribution in [3.05, 3.63) is 28.9 Å². The first-order valence-corrected chi connectivity index (χ1v) is 19.3. The predicted molar refractivity (Wildman–Crippen MR) is 161 cm³/mol.